The maximum absolute atomic E-state index is 13.4. The standard InChI is InChI=1S/C26H24N2O3/c1-17-9-14-22(18(2)15-17)23-24(27-20-10-12-21(31-3)13-11-20)26(30)28(25(23)29)16-19-7-5-4-6-8-19/h4-15,27H,16H2,1-3H3. The molecule has 4 rings (SSSR count). The summed E-state index contributed by atoms with van der Waals surface area (Å²) in [5.41, 5.74) is 5.11. The van der Waals surface area contributed by atoms with Crippen LogP contribution in [0.2, 0.25) is 0 Å². The molecule has 1 heterocycles. The third-order valence-electron chi connectivity index (χ3n) is 5.36. The third-order valence-corrected chi connectivity index (χ3v) is 5.36. The van der Waals surface area contributed by atoms with E-state index < -0.39 is 0 Å². The Morgan fingerprint density at radius 2 is 1.58 bits per heavy atom. The van der Waals surface area contributed by atoms with Gasteiger partial charge in [-0.3, -0.25) is 14.5 Å². The molecule has 0 unspecified atom stereocenters. The first-order chi connectivity index (χ1) is 15.0. The predicted octanol–water partition coefficient (Wildman–Crippen LogP) is 4.70. The second-order valence-corrected chi connectivity index (χ2v) is 7.60. The van der Waals surface area contributed by atoms with Crippen LogP contribution in [0.5, 0.6) is 5.75 Å². The maximum Gasteiger partial charge on any atom is 0.278 e. The van der Waals surface area contributed by atoms with Crippen LogP contribution in [-0.4, -0.2) is 23.8 Å². The van der Waals surface area contributed by atoms with Crippen molar-refractivity contribution in [2.75, 3.05) is 12.4 Å². The summed E-state index contributed by atoms with van der Waals surface area (Å²) < 4.78 is 5.21. The zero-order valence-electron chi connectivity index (χ0n) is 17.8. The van der Waals surface area contributed by atoms with E-state index in [0.717, 1.165) is 22.3 Å². The summed E-state index contributed by atoms with van der Waals surface area (Å²) in [6.07, 6.45) is 0. The number of ether oxygens (including phenoxy) is 1. The number of hydrogen-bond acceptors (Lipinski definition) is 4. The van der Waals surface area contributed by atoms with Crippen molar-refractivity contribution in [1.82, 2.24) is 4.90 Å². The van der Waals surface area contributed by atoms with Crippen molar-refractivity contribution in [2.24, 2.45) is 0 Å². The van der Waals surface area contributed by atoms with Crippen LogP contribution < -0.4 is 10.1 Å². The lowest BCUT2D eigenvalue weighted by atomic mass is 9.97. The molecule has 1 aliphatic heterocycles. The lowest BCUT2D eigenvalue weighted by molar-refractivity contribution is -0.137. The number of carbonyl (C=O) groups is 2. The van der Waals surface area contributed by atoms with Crippen LogP contribution in [0.4, 0.5) is 5.69 Å². The largest absolute Gasteiger partial charge is 0.497 e. The van der Waals surface area contributed by atoms with Gasteiger partial charge in [0.15, 0.2) is 0 Å². The fourth-order valence-corrected chi connectivity index (χ4v) is 3.76. The Hall–Kier alpha value is -3.86. The molecule has 5 heteroatoms. The maximum atomic E-state index is 13.4. The number of hydrogen-bond donors (Lipinski definition) is 1. The number of imide groups is 1. The molecular formula is C26H24N2O3. The van der Waals surface area contributed by atoms with Crippen molar-refractivity contribution in [1.29, 1.82) is 0 Å². The molecule has 0 fully saturated rings. The van der Waals surface area contributed by atoms with Gasteiger partial charge in [0.25, 0.3) is 11.8 Å². The van der Waals surface area contributed by atoms with Gasteiger partial charge < -0.3 is 10.1 Å². The molecule has 1 N–H and O–H groups in total. The molecule has 1 aliphatic rings. The van der Waals surface area contributed by atoms with Gasteiger partial charge in [-0.1, -0.05) is 54.1 Å². The van der Waals surface area contributed by atoms with Gasteiger partial charge in [0.05, 0.1) is 19.2 Å². The SMILES string of the molecule is COc1ccc(NC2=C(c3ccc(C)cc3C)C(=O)N(Cc3ccccc3)C2=O)cc1. The fraction of sp³-hybridized carbons (Fsp3) is 0.154. The van der Waals surface area contributed by atoms with Crippen molar-refractivity contribution in [2.45, 2.75) is 20.4 Å². The minimum atomic E-state index is -0.334. The molecule has 0 aromatic heterocycles. The van der Waals surface area contributed by atoms with Crippen molar-refractivity contribution in [3.8, 4) is 5.75 Å². The number of anilines is 1. The number of nitrogens with one attached hydrogen (secondary N) is 1. The minimum absolute atomic E-state index is 0.223. The minimum Gasteiger partial charge on any atom is -0.497 e. The van der Waals surface area contributed by atoms with Crippen LogP contribution in [-0.2, 0) is 16.1 Å². The normalized spacial score (nSPS) is 13.7. The number of nitrogens with zero attached hydrogens (tertiary/aromatic N) is 1. The average Bonchev–Trinajstić information content (AvgIpc) is 2.99. The number of aryl methyl sites for hydroxylation is 2. The van der Waals surface area contributed by atoms with E-state index >= 15 is 0 Å². The van der Waals surface area contributed by atoms with Crippen LogP contribution in [0.25, 0.3) is 5.57 Å². The van der Waals surface area contributed by atoms with Gasteiger partial charge in [0.2, 0.25) is 0 Å². The van der Waals surface area contributed by atoms with Crippen molar-refractivity contribution in [3.05, 3.63) is 101 Å². The molecule has 0 atom stereocenters. The summed E-state index contributed by atoms with van der Waals surface area (Å²) in [7, 11) is 1.60. The summed E-state index contributed by atoms with van der Waals surface area (Å²) in [4.78, 5) is 28.1. The molecule has 0 spiro atoms. The van der Waals surface area contributed by atoms with Gasteiger partial charge in [-0.2, -0.15) is 0 Å². The first-order valence-electron chi connectivity index (χ1n) is 10.1. The van der Waals surface area contributed by atoms with E-state index in [1.807, 2.05) is 86.6 Å². The Balaban J connectivity index is 1.76. The van der Waals surface area contributed by atoms with E-state index in [9.17, 15) is 9.59 Å². The van der Waals surface area contributed by atoms with Crippen LogP contribution >= 0.6 is 0 Å². The molecule has 3 aromatic carbocycles. The highest BCUT2D eigenvalue weighted by Crippen LogP contribution is 2.33. The van der Waals surface area contributed by atoms with Crippen LogP contribution in [0.1, 0.15) is 22.3 Å². The van der Waals surface area contributed by atoms with E-state index in [1.54, 1.807) is 7.11 Å². The molecule has 5 nitrogen and oxygen atoms in total. The smallest absolute Gasteiger partial charge is 0.278 e. The zero-order chi connectivity index (χ0) is 22.0. The first kappa shape index (κ1) is 20.4. The van der Waals surface area contributed by atoms with Crippen molar-refractivity contribution >= 4 is 23.1 Å². The van der Waals surface area contributed by atoms with Gasteiger partial charge in [0, 0.05) is 5.69 Å². The highest BCUT2D eigenvalue weighted by Gasteiger charge is 2.39. The lowest BCUT2D eigenvalue weighted by Gasteiger charge is -2.15. The summed E-state index contributed by atoms with van der Waals surface area (Å²) in [5, 5.41) is 3.19. The number of carbonyl (C=O) groups excluding carboxylic acids is 2. The van der Waals surface area contributed by atoms with Gasteiger partial charge >= 0.3 is 0 Å². The van der Waals surface area contributed by atoms with Gasteiger partial charge in [-0.25, -0.2) is 0 Å². The van der Waals surface area contributed by atoms with E-state index in [-0.39, 0.29) is 24.1 Å². The molecule has 0 radical (unpaired) electrons. The van der Waals surface area contributed by atoms with Crippen LogP contribution in [0.3, 0.4) is 0 Å². The van der Waals surface area contributed by atoms with Gasteiger partial charge in [-0.15, -0.1) is 0 Å². The molecule has 0 bridgehead atoms. The van der Waals surface area contributed by atoms with Crippen LogP contribution in [0, 0.1) is 13.8 Å². The molecule has 156 valence electrons. The van der Waals surface area contributed by atoms with Crippen LogP contribution in [0.15, 0.2) is 78.5 Å². The summed E-state index contributed by atoms with van der Waals surface area (Å²) in [5.74, 6) is 0.0881. The second kappa shape index (κ2) is 8.48. The van der Waals surface area contributed by atoms with Gasteiger partial charge in [-0.05, 0) is 54.8 Å². The van der Waals surface area contributed by atoms with E-state index in [1.165, 1.54) is 4.90 Å². The molecule has 0 aliphatic carbocycles. The Bertz CT molecular complexity index is 1170. The monoisotopic (exact) mass is 412 g/mol. The van der Waals surface area contributed by atoms with E-state index in [0.29, 0.717) is 17.0 Å². The number of amides is 2. The average molecular weight is 412 g/mol. The predicted molar refractivity (Wildman–Crippen MR) is 121 cm³/mol. The Labute approximate surface area is 182 Å². The summed E-state index contributed by atoms with van der Waals surface area (Å²) in [6, 6.07) is 22.7. The number of benzene rings is 3. The first-order valence-corrected chi connectivity index (χ1v) is 10.1. The number of rotatable bonds is 6. The Morgan fingerprint density at radius 1 is 0.871 bits per heavy atom. The van der Waals surface area contributed by atoms with E-state index in [4.69, 9.17) is 4.74 Å². The second-order valence-electron chi connectivity index (χ2n) is 7.60. The Kier molecular flexibility index (Phi) is 5.58. The molecular weight excluding hydrogens is 388 g/mol. The molecule has 0 saturated carbocycles. The lowest BCUT2D eigenvalue weighted by Crippen LogP contribution is -2.32. The topological polar surface area (TPSA) is 58.6 Å². The molecule has 0 saturated heterocycles. The van der Waals surface area contributed by atoms with Crippen molar-refractivity contribution < 1.29 is 14.3 Å². The molecule has 31 heavy (non-hydrogen) atoms. The molecule has 2 amide bonds. The quantitative estimate of drug-likeness (QED) is 0.596. The van der Waals surface area contributed by atoms with Crippen molar-refractivity contribution in [3.63, 3.8) is 0 Å². The molecule has 3 aromatic rings. The fourth-order valence-electron chi connectivity index (χ4n) is 3.76. The summed E-state index contributed by atoms with van der Waals surface area (Å²) >= 11 is 0. The number of methoxy groups -OCH3 is 1. The Morgan fingerprint density at radius 3 is 2.23 bits per heavy atom. The summed E-state index contributed by atoms with van der Waals surface area (Å²) in [6.45, 7) is 4.18. The third kappa shape index (κ3) is 4.08. The van der Waals surface area contributed by atoms with E-state index in [2.05, 4.69) is 5.32 Å². The highest BCUT2D eigenvalue weighted by atomic mass is 16.5. The zero-order valence-corrected chi connectivity index (χ0v) is 17.8. The highest BCUT2D eigenvalue weighted by molar-refractivity contribution is 6.36. The van der Waals surface area contributed by atoms with Gasteiger partial charge in [0.1, 0.15) is 11.4 Å².